The molecule has 0 atom stereocenters. The molecule has 0 saturated carbocycles. The second-order valence-corrected chi connectivity index (χ2v) is 6.30. The molecule has 5 nitrogen and oxygen atoms in total. The highest BCUT2D eigenvalue weighted by molar-refractivity contribution is 6.36. The van der Waals surface area contributed by atoms with Gasteiger partial charge in [-0.3, -0.25) is 9.59 Å². The fourth-order valence-corrected chi connectivity index (χ4v) is 2.51. The molecule has 2 amide bonds. The summed E-state index contributed by atoms with van der Waals surface area (Å²) in [7, 11) is 0. The summed E-state index contributed by atoms with van der Waals surface area (Å²) in [4.78, 5) is 23.5. The van der Waals surface area contributed by atoms with Crippen molar-refractivity contribution in [1.82, 2.24) is 5.43 Å². The average Bonchev–Trinajstić information content (AvgIpc) is 2.56. The van der Waals surface area contributed by atoms with Gasteiger partial charge in [-0.05, 0) is 35.9 Å². The SMILES string of the molecule is O=C(CCC(=O)Nc1ccc(Cl)cc1Cl)NN=Cc1cccc(Cl)c1. The molecule has 0 aliphatic rings. The van der Waals surface area contributed by atoms with Crippen molar-refractivity contribution in [1.29, 1.82) is 0 Å². The summed E-state index contributed by atoms with van der Waals surface area (Å²) in [5.74, 6) is -0.714. The van der Waals surface area contributed by atoms with Gasteiger partial charge in [-0.2, -0.15) is 5.10 Å². The molecule has 2 N–H and O–H groups in total. The van der Waals surface area contributed by atoms with Crippen LogP contribution in [0.15, 0.2) is 47.6 Å². The van der Waals surface area contributed by atoms with Crippen molar-refractivity contribution in [2.75, 3.05) is 5.32 Å². The number of hydrazone groups is 1. The van der Waals surface area contributed by atoms with Crippen LogP contribution >= 0.6 is 34.8 Å². The lowest BCUT2D eigenvalue weighted by Gasteiger charge is -2.07. The zero-order valence-corrected chi connectivity index (χ0v) is 15.2. The van der Waals surface area contributed by atoms with E-state index in [9.17, 15) is 9.59 Å². The van der Waals surface area contributed by atoms with Gasteiger partial charge < -0.3 is 5.32 Å². The zero-order valence-electron chi connectivity index (χ0n) is 12.9. The zero-order chi connectivity index (χ0) is 18.2. The molecular formula is C17H14Cl3N3O2. The minimum atomic E-state index is -0.379. The highest BCUT2D eigenvalue weighted by Crippen LogP contribution is 2.25. The Balaban J connectivity index is 1.76. The van der Waals surface area contributed by atoms with E-state index in [2.05, 4.69) is 15.8 Å². The minimum Gasteiger partial charge on any atom is -0.325 e. The highest BCUT2D eigenvalue weighted by Gasteiger charge is 2.09. The van der Waals surface area contributed by atoms with Gasteiger partial charge in [0.15, 0.2) is 0 Å². The van der Waals surface area contributed by atoms with Crippen LogP contribution in [0.2, 0.25) is 15.1 Å². The largest absolute Gasteiger partial charge is 0.325 e. The Hall–Kier alpha value is -2.08. The molecule has 0 fully saturated rings. The lowest BCUT2D eigenvalue weighted by Crippen LogP contribution is -2.20. The van der Waals surface area contributed by atoms with E-state index in [1.807, 2.05) is 0 Å². The van der Waals surface area contributed by atoms with E-state index in [0.717, 1.165) is 5.56 Å². The van der Waals surface area contributed by atoms with E-state index in [-0.39, 0.29) is 24.7 Å². The number of rotatable bonds is 6. The molecule has 2 aromatic carbocycles. The summed E-state index contributed by atoms with van der Waals surface area (Å²) < 4.78 is 0. The molecule has 2 aromatic rings. The first-order valence-corrected chi connectivity index (χ1v) is 8.40. The molecule has 8 heteroatoms. The summed E-state index contributed by atoms with van der Waals surface area (Å²) in [5.41, 5.74) is 3.55. The van der Waals surface area contributed by atoms with Gasteiger partial charge in [-0.1, -0.05) is 46.9 Å². The van der Waals surface area contributed by atoms with Crippen LogP contribution in [0, 0.1) is 0 Å². The number of nitrogens with one attached hydrogen (secondary N) is 2. The molecule has 0 aromatic heterocycles. The Morgan fingerprint density at radius 1 is 0.960 bits per heavy atom. The van der Waals surface area contributed by atoms with Crippen molar-refractivity contribution in [3.63, 3.8) is 0 Å². The molecule has 25 heavy (non-hydrogen) atoms. The number of amides is 2. The molecule has 0 aliphatic carbocycles. The Morgan fingerprint density at radius 3 is 2.40 bits per heavy atom. The van der Waals surface area contributed by atoms with E-state index >= 15 is 0 Å². The van der Waals surface area contributed by atoms with Crippen molar-refractivity contribution >= 4 is 58.5 Å². The van der Waals surface area contributed by atoms with Crippen LogP contribution in [0.3, 0.4) is 0 Å². The van der Waals surface area contributed by atoms with Gasteiger partial charge in [0.1, 0.15) is 0 Å². The highest BCUT2D eigenvalue weighted by atomic mass is 35.5. The summed E-state index contributed by atoms with van der Waals surface area (Å²) in [6.07, 6.45) is 1.46. The van der Waals surface area contributed by atoms with Gasteiger partial charge in [-0.25, -0.2) is 5.43 Å². The van der Waals surface area contributed by atoms with Gasteiger partial charge in [0, 0.05) is 22.9 Å². The first-order chi connectivity index (χ1) is 11.9. The molecule has 2 rings (SSSR count). The monoisotopic (exact) mass is 397 g/mol. The number of nitrogens with zero attached hydrogens (tertiary/aromatic N) is 1. The average molecular weight is 399 g/mol. The summed E-state index contributed by atoms with van der Waals surface area (Å²) in [6, 6.07) is 11.8. The van der Waals surface area contributed by atoms with Gasteiger partial charge in [-0.15, -0.1) is 0 Å². The molecule has 130 valence electrons. The maximum Gasteiger partial charge on any atom is 0.240 e. The maximum atomic E-state index is 11.9. The third-order valence-corrected chi connectivity index (χ3v) is 3.82. The van der Waals surface area contributed by atoms with Crippen molar-refractivity contribution in [3.8, 4) is 0 Å². The van der Waals surface area contributed by atoms with E-state index in [1.54, 1.807) is 36.4 Å². The molecule has 0 radical (unpaired) electrons. The molecule has 0 unspecified atom stereocenters. The summed E-state index contributed by atoms with van der Waals surface area (Å²) in [5, 5.41) is 7.81. The van der Waals surface area contributed by atoms with Crippen molar-refractivity contribution < 1.29 is 9.59 Å². The van der Waals surface area contributed by atoms with E-state index in [0.29, 0.717) is 20.8 Å². The smallest absolute Gasteiger partial charge is 0.240 e. The first-order valence-electron chi connectivity index (χ1n) is 7.26. The van der Waals surface area contributed by atoms with Crippen LogP contribution in [0.25, 0.3) is 0 Å². The molecule has 0 spiro atoms. The van der Waals surface area contributed by atoms with Gasteiger partial charge in [0.2, 0.25) is 11.8 Å². The van der Waals surface area contributed by atoms with E-state index in [4.69, 9.17) is 34.8 Å². The Labute approximate surface area is 160 Å². The van der Waals surface area contributed by atoms with Crippen molar-refractivity contribution in [2.45, 2.75) is 12.8 Å². The van der Waals surface area contributed by atoms with Crippen molar-refractivity contribution in [3.05, 3.63) is 63.1 Å². The number of anilines is 1. The van der Waals surface area contributed by atoms with Crippen molar-refractivity contribution in [2.24, 2.45) is 5.10 Å². The second-order valence-electron chi connectivity index (χ2n) is 5.02. The lowest BCUT2D eigenvalue weighted by molar-refractivity contribution is -0.124. The Bertz CT molecular complexity index is 809. The van der Waals surface area contributed by atoms with Crippen LogP contribution < -0.4 is 10.7 Å². The Morgan fingerprint density at radius 2 is 1.68 bits per heavy atom. The fourth-order valence-electron chi connectivity index (χ4n) is 1.85. The topological polar surface area (TPSA) is 70.6 Å². The molecule has 0 aliphatic heterocycles. The Kier molecular flexibility index (Phi) is 7.25. The number of benzene rings is 2. The third kappa shape index (κ3) is 6.74. The normalized spacial score (nSPS) is 10.7. The van der Waals surface area contributed by atoms with Crippen LogP contribution in [0.4, 0.5) is 5.69 Å². The van der Waals surface area contributed by atoms with Crippen LogP contribution in [-0.2, 0) is 9.59 Å². The molecule has 0 heterocycles. The van der Waals surface area contributed by atoms with Crippen LogP contribution in [0.1, 0.15) is 18.4 Å². The fraction of sp³-hybridized carbons (Fsp3) is 0.118. The predicted molar refractivity (Wildman–Crippen MR) is 102 cm³/mol. The number of halogens is 3. The number of carbonyl (C=O) groups is 2. The lowest BCUT2D eigenvalue weighted by atomic mass is 10.2. The third-order valence-electron chi connectivity index (χ3n) is 3.04. The first kappa shape index (κ1) is 19.2. The van der Waals surface area contributed by atoms with Crippen LogP contribution in [0.5, 0.6) is 0 Å². The summed E-state index contributed by atoms with van der Waals surface area (Å²) in [6.45, 7) is 0. The van der Waals surface area contributed by atoms with Gasteiger partial charge in [0.05, 0.1) is 16.9 Å². The van der Waals surface area contributed by atoms with Crippen LogP contribution in [-0.4, -0.2) is 18.0 Å². The molecular weight excluding hydrogens is 385 g/mol. The quantitative estimate of drug-likeness (QED) is 0.555. The maximum absolute atomic E-state index is 11.9. The van der Waals surface area contributed by atoms with Gasteiger partial charge in [0.25, 0.3) is 0 Å². The molecule has 0 bridgehead atoms. The summed E-state index contributed by atoms with van der Waals surface area (Å²) >= 11 is 17.6. The second kappa shape index (κ2) is 9.42. The standard InChI is InChI=1S/C17H14Cl3N3O2/c18-12-3-1-2-11(8-12)10-21-23-17(25)7-6-16(24)22-15-5-4-13(19)9-14(15)20/h1-5,8-10H,6-7H2,(H,22,24)(H,23,25). The number of carbonyl (C=O) groups excluding carboxylic acids is 2. The van der Waals surface area contributed by atoms with Gasteiger partial charge >= 0.3 is 0 Å². The number of hydrogen-bond acceptors (Lipinski definition) is 3. The number of hydrogen-bond donors (Lipinski definition) is 2. The van der Waals surface area contributed by atoms with E-state index < -0.39 is 0 Å². The van der Waals surface area contributed by atoms with E-state index in [1.165, 1.54) is 12.3 Å². The molecule has 0 saturated heterocycles. The predicted octanol–water partition coefficient (Wildman–Crippen LogP) is 4.52. The minimum absolute atomic E-state index is 0.00251.